The fourth-order valence-electron chi connectivity index (χ4n) is 2.14. The van der Waals surface area contributed by atoms with Gasteiger partial charge in [-0.25, -0.2) is 9.59 Å². The first-order valence-electron chi connectivity index (χ1n) is 7.37. The maximum atomic E-state index is 12.0. The summed E-state index contributed by atoms with van der Waals surface area (Å²) in [5, 5.41) is 14.2. The van der Waals surface area contributed by atoms with Crippen LogP contribution in [0.25, 0.3) is 0 Å². The minimum Gasteiger partial charge on any atom is -0.495 e. The quantitative estimate of drug-likeness (QED) is 0.816. The second-order valence-corrected chi connectivity index (χ2v) is 5.03. The van der Waals surface area contributed by atoms with Crippen LogP contribution in [-0.2, 0) is 11.3 Å². The molecular weight excluding hydrogens is 322 g/mol. The smallest absolute Gasteiger partial charge is 0.337 e. The monoisotopic (exact) mass is 339 g/mol. The molecule has 25 heavy (non-hydrogen) atoms. The van der Waals surface area contributed by atoms with E-state index in [1.807, 2.05) is 12.1 Å². The van der Waals surface area contributed by atoms with Gasteiger partial charge in [0.2, 0.25) is 0 Å². The third-order valence-electron chi connectivity index (χ3n) is 3.38. The van der Waals surface area contributed by atoms with E-state index in [1.165, 1.54) is 26.4 Å². The van der Waals surface area contributed by atoms with Crippen molar-refractivity contribution in [3.05, 3.63) is 59.2 Å². The Balaban J connectivity index is 2.02. The summed E-state index contributed by atoms with van der Waals surface area (Å²) in [6.07, 6.45) is 0. The number of carbonyl (C=O) groups is 2. The molecule has 0 saturated heterocycles. The predicted octanol–water partition coefficient (Wildman–Crippen LogP) is 2.68. The van der Waals surface area contributed by atoms with Gasteiger partial charge in [0, 0.05) is 6.54 Å². The van der Waals surface area contributed by atoms with E-state index >= 15 is 0 Å². The van der Waals surface area contributed by atoms with Gasteiger partial charge in [0.05, 0.1) is 37.1 Å². The van der Waals surface area contributed by atoms with E-state index in [0.29, 0.717) is 22.6 Å². The molecule has 0 aliphatic carbocycles. The zero-order valence-corrected chi connectivity index (χ0v) is 13.8. The predicted molar refractivity (Wildman–Crippen MR) is 91.3 cm³/mol. The number of benzene rings is 2. The summed E-state index contributed by atoms with van der Waals surface area (Å²) in [5.41, 5.74) is 2.07. The van der Waals surface area contributed by atoms with E-state index in [0.717, 1.165) is 5.56 Å². The number of methoxy groups -OCH3 is 2. The van der Waals surface area contributed by atoms with E-state index in [9.17, 15) is 9.59 Å². The van der Waals surface area contributed by atoms with E-state index in [2.05, 4.69) is 15.4 Å². The Kier molecular flexibility index (Phi) is 5.96. The number of ether oxygens (including phenoxy) is 2. The average Bonchev–Trinajstić information content (AvgIpc) is 2.66. The molecule has 0 aliphatic rings. The summed E-state index contributed by atoms with van der Waals surface area (Å²) >= 11 is 0. The largest absolute Gasteiger partial charge is 0.495 e. The van der Waals surface area contributed by atoms with Crippen LogP contribution in [-0.4, -0.2) is 26.2 Å². The van der Waals surface area contributed by atoms with Crippen molar-refractivity contribution >= 4 is 17.7 Å². The molecule has 0 atom stereocenters. The van der Waals surface area contributed by atoms with Gasteiger partial charge in [0.15, 0.2) is 0 Å². The van der Waals surface area contributed by atoms with E-state index in [1.54, 1.807) is 24.3 Å². The van der Waals surface area contributed by atoms with Crippen LogP contribution in [0.15, 0.2) is 42.5 Å². The van der Waals surface area contributed by atoms with Crippen LogP contribution in [0.1, 0.15) is 21.5 Å². The molecule has 0 fully saturated rings. The van der Waals surface area contributed by atoms with E-state index in [4.69, 9.17) is 10.00 Å². The third-order valence-corrected chi connectivity index (χ3v) is 3.38. The minimum atomic E-state index is -0.494. The van der Waals surface area contributed by atoms with Crippen LogP contribution in [0.2, 0.25) is 0 Å². The minimum absolute atomic E-state index is 0.268. The molecule has 0 aromatic heterocycles. The summed E-state index contributed by atoms with van der Waals surface area (Å²) in [7, 11) is 2.72. The zero-order chi connectivity index (χ0) is 18.2. The summed E-state index contributed by atoms with van der Waals surface area (Å²) in [6.45, 7) is 0.268. The van der Waals surface area contributed by atoms with Gasteiger partial charge in [-0.05, 0) is 35.9 Å². The number of urea groups is 1. The molecule has 128 valence electrons. The number of nitrogens with zero attached hydrogens (tertiary/aromatic N) is 1. The van der Waals surface area contributed by atoms with Crippen molar-refractivity contribution in [1.29, 1.82) is 5.26 Å². The lowest BCUT2D eigenvalue weighted by Crippen LogP contribution is -2.28. The Morgan fingerprint density at radius 1 is 1.16 bits per heavy atom. The number of carbonyl (C=O) groups excluding carboxylic acids is 2. The van der Waals surface area contributed by atoms with Crippen molar-refractivity contribution in [3.63, 3.8) is 0 Å². The lowest BCUT2D eigenvalue weighted by atomic mass is 10.1. The fourth-order valence-corrected chi connectivity index (χ4v) is 2.14. The van der Waals surface area contributed by atoms with Crippen molar-refractivity contribution in [2.24, 2.45) is 0 Å². The van der Waals surface area contributed by atoms with Gasteiger partial charge in [-0.15, -0.1) is 0 Å². The molecule has 2 rings (SSSR count). The Morgan fingerprint density at radius 2 is 1.96 bits per heavy atom. The lowest BCUT2D eigenvalue weighted by Gasteiger charge is -2.12. The van der Waals surface area contributed by atoms with Crippen LogP contribution in [0.5, 0.6) is 5.75 Å². The molecule has 2 N–H and O–H groups in total. The lowest BCUT2D eigenvalue weighted by molar-refractivity contribution is 0.0600. The molecule has 0 saturated carbocycles. The fraction of sp³-hybridized carbons (Fsp3) is 0.167. The average molecular weight is 339 g/mol. The second-order valence-electron chi connectivity index (χ2n) is 5.03. The van der Waals surface area contributed by atoms with E-state index in [-0.39, 0.29) is 6.54 Å². The number of hydrogen-bond donors (Lipinski definition) is 2. The molecule has 2 amide bonds. The highest BCUT2D eigenvalue weighted by molar-refractivity contribution is 5.94. The van der Waals surface area contributed by atoms with Crippen LogP contribution >= 0.6 is 0 Å². The topological polar surface area (TPSA) is 100 Å². The zero-order valence-electron chi connectivity index (χ0n) is 13.8. The van der Waals surface area contributed by atoms with Gasteiger partial charge in [0.25, 0.3) is 0 Å². The normalized spacial score (nSPS) is 9.64. The molecular formula is C18H17N3O4. The molecule has 0 radical (unpaired) electrons. The number of hydrogen-bond acceptors (Lipinski definition) is 5. The van der Waals surface area contributed by atoms with Crippen LogP contribution in [0.3, 0.4) is 0 Å². The van der Waals surface area contributed by atoms with Gasteiger partial charge in [-0.1, -0.05) is 12.1 Å². The van der Waals surface area contributed by atoms with Crippen molar-refractivity contribution in [2.45, 2.75) is 6.54 Å². The molecule has 0 unspecified atom stereocenters. The maximum Gasteiger partial charge on any atom is 0.337 e. The first-order chi connectivity index (χ1) is 12.1. The highest BCUT2D eigenvalue weighted by Crippen LogP contribution is 2.25. The first kappa shape index (κ1) is 17.8. The molecule has 0 bridgehead atoms. The molecule has 7 heteroatoms. The Bertz CT molecular complexity index is 827. The highest BCUT2D eigenvalue weighted by atomic mass is 16.5. The summed E-state index contributed by atoms with van der Waals surface area (Å²) < 4.78 is 9.83. The SMILES string of the molecule is COC(=O)c1ccc(NC(=O)NCc2cccc(C#N)c2)c(OC)c1. The number of nitriles is 1. The first-order valence-corrected chi connectivity index (χ1v) is 7.37. The molecule has 2 aromatic carbocycles. The Morgan fingerprint density at radius 3 is 2.64 bits per heavy atom. The van der Waals surface area contributed by atoms with Gasteiger partial charge in [0.1, 0.15) is 5.75 Å². The third kappa shape index (κ3) is 4.72. The van der Waals surface area contributed by atoms with Crippen molar-refractivity contribution in [3.8, 4) is 11.8 Å². The molecule has 7 nitrogen and oxygen atoms in total. The Labute approximate surface area is 145 Å². The van der Waals surface area contributed by atoms with Crippen molar-refractivity contribution < 1.29 is 19.1 Å². The number of esters is 1. The standard InChI is InChI=1S/C18H17N3O4/c1-24-16-9-14(17(22)25-2)6-7-15(16)21-18(23)20-11-13-5-3-4-12(8-13)10-19/h3-9H,11H2,1-2H3,(H2,20,21,23). The summed E-state index contributed by atoms with van der Waals surface area (Å²) in [4.78, 5) is 23.6. The van der Waals surface area contributed by atoms with E-state index < -0.39 is 12.0 Å². The van der Waals surface area contributed by atoms with Crippen molar-refractivity contribution in [2.75, 3.05) is 19.5 Å². The number of anilines is 1. The van der Waals surface area contributed by atoms with Crippen LogP contribution in [0.4, 0.5) is 10.5 Å². The number of nitrogens with one attached hydrogen (secondary N) is 2. The molecule has 0 aliphatic heterocycles. The summed E-state index contributed by atoms with van der Waals surface area (Å²) in [6, 6.07) is 13.1. The van der Waals surface area contributed by atoms with Gasteiger partial charge < -0.3 is 20.1 Å². The molecule has 0 heterocycles. The van der Waals surface area contributed by atoms with Gasteiger partial charge >= 0.3 is 12.0 Å². The van der Waals surface area contributed by atoms with Gasteiger partial charge in [-0.2, -0.15) is 5.26 Å². The maximum absolute atomic E-state index is 12.0. The highest BCUT2D eigenvalue weighted by Gasteiger charge is 2.12. The number of amides is 2. The van der Waals surface area contributed by atoms with Crippen molar-refractivity contribution in [1.82, 2.24) is 5.32 Å². The van der Waals surface area contributed by atoms with Crippen LogP contribution < -0.4 is 15.4 Å². The second kappa shape index (κ2) is 8.36. The van der Waals surface area contributed by atoms with Gasteiger partial charge in [-0.3, -0.25) is 0 Å². The molecule has 2 aromatic rings. The Hall–Kier alpha value is -3.53. The molecule has 0 spiro atoms. The van der Waals surface area contributed by atoms with Crippen LogP contribution in [0, 0.1) is 11.3 Å². The summed E-state index contributed by atoms with van der Waals surface area (Å²) in [5.74, 6) is -0.156. The number of rotatable bonds is 5.